The molecule has 3 heteroatoms. The van der Waals surface area contributed by atoms with Crippen molar-refractivity contribution in [2.45, 2.75) is 20.5 Å². The third-order valence-corrected chi connectivity index (χ3v) is 2.75. The van der Waals surface area contributed by atoms with Crippen LogP contribution in [0.3, 0.4) is 0 Å². The van der Waals surface area contributed by atoms with Crippen LogP contribution in [0.25, 0.3) is 0 Å². The molecule has 2 aromatic rings. The summed E-state index contributed by atoms with van der Waals surface area (Å²) < 4.78 is 18.9. The molecule has 0 atom stereocenters. The topological polar surface area (TPSA) is 33.0 Å². The van der Waals surface area contributed by atoms with E-state index >= 15 is 0 Å². The Hall–Kier alpha value is -2.34. The number of rotatable bonds is 3. The van der Waals surface area contributed by atoms with Crippen LogP contribution in [0, 0.1) is 31.0 Å². The Morgan fingerprint density at radius 2 is 1.79 bits per heavy atom. The fourth-order valence-electron chi connectivity index (χ4n) is 2.00. The number of nitrogens with zero attached hydrogens (tertiary/aromatic N) is 1. The van der Waals surface area contributed by atoms with Crippen LogP contribution in [0.1, 0.15) is 22.3 Å². The van der Waals surface area contributed by atoms with Gasteiger partial charge in [-0.05, 0) is 31.5 Å². The number of benzene rings is 2. The second-order valence-corrected chi connectivity index (χ2v) is 4.54. The molecule has 0 aliphatic heterocycles. The molecule has 0 bridgehead atoms. The highest BCUT2D eigenvalue weighted by Gasteiger charge is 2.04. The minimum absolute atomic E-state index is 0.0266. The van der Waals surface area contributed by atoms with E-state index in [0.29, 0.717) is 12.4 Å². The Kier molecular flexibility index (Phi) is 3.82. The zero-order chi connectivity index (χ0) is 13.8. The SMILES string of the molecule is Cc1cc(C)cc(COc2ccc(C#N)c(F)c2)c1. The molecule has 0 radical (unpaired) electrons. The van der Waals surface area contributed by atoms with Gasteiger partial charge in [-0.1, -0.05) is 29.3 Å². The molecule has 0 heterocycles. The quantitative estimate of drug-likeness (QED) is 0.833. The minimum Gasteiger partial charge on any atom is -0.489 e. The van der Waals surface area contributed by atoms with Crippen LogP contribution in [-0.4, -0.2) is 0 Å². The Morgan fingerprint density at radius 1 is 1.11 bits per heavy atom. The number of hydrogen-bond acceptors (Lipinski definition) is 2. The molecule has 0 aliphatic rings. The number of aryl methyl sites for hydroxylation is 2. The fraction of sp³-hybridized carbons (Fsp3) is 0.188. The molecule has 0 fully saturated rings. The predicted octanol–water partition coefficient (Wildman–Crippen LogP) is 3.89. The van der Waals surface area contributed by atoms with Crippen molar-refractivity contribution in [1.82, 2.24) is 0 Å². The number of ether oxygens (including phenoxy) is 1. The van der Waals surface area contributed by atoms with E-state index in [-0.39, 0.29) is 5.56 Å². The van der Waals surface area contributed by atoms with E-state index in [1.54, 1.807) is 12.1 Å². The van der Waals surface area contributed by atoms with Gasteiger partial charge in [0.25, 0.3) is 0 Å². The van der Waals surface area contributed by atoms with E-state index < -0.39 is 5.82 Å². The van der Waals surface area contributed by atoms with Gasteiger partial charge in [-0.25, -0.2) is 4.39 Å². The molecule has 19 heavy (non-hydrogen) atoms. The number of halogens is 1. The molecule has 0 N–H and O–H groups in total. The lowest BCUT2D eigenvalue weighted by atomic mass is 10.1. The summed E-state index contributed by atoms with van der Waals surface area (Å²) in [6.07, 6.45) is 0. The molecule has 0 saturated heterocycles. The normalized spacial score (nSPS) is 10.0. The first-order valence-corrected chi connectivity index (χ1v) is 5.98. The van der Waals surface area contributed by atoms with Gasteiger partial charge in [0.05, 0.1) is 5.56 Å². The molecule has 0 aliphatic carbocycles. The summed E-state index contributed by atoms with van der Waals surface area (Å²) >= 11 is 0. The van der Waals surface area contributed by atoms with Crippen LogP contribution in [0.2, 0.25) is 0 Å². The summed E-state index contributed by atoms with van der Waals surface area (Å²) in [6.45, 7) is 4.43. The van der Waals surface area contributed by atoms with Gasteiger partial charge in [-0.3, -0.25) is 0 Å². The molecular weight excluding hydrogens is 241 g/mol. The monoisotopic (exact) mass is 255 g/mol. The molecule has 0 saturated carbocycles. The highest BCUT2D eigenvalue weighted by Crippen LogP contribution is 2.18. The largest absolute Gasteiger partial charge is 0.489 e. The number of hydrogen-bond donors (Lipinski definition) is 0. The van der Waals surface area contributed by atoms with Gasteiger partial charge >= 0.3 is 0 Å². The summed E-state index contributed by atoms with van der Waals surface area (Å²) in [7, 11) is 0. The van der Waals surface area contributed by atoms with Crippen molar-refractivity contribution in [3.63, 3.8) is 0 Å². The van der Waals surface area contributed by atoms with Gasteiger partial charge in [0, 0.05) is 6.07 Å². The van der Waals surface area contributed by atoms with Crippen LogP contribution < -0.4 is 4.74 Å². The fourth-order valence-corrected chi connectivity index (χ4v) is 2.00. The molecule has 0 aromatic heterocycles. The maximum absolute atomic E-state index is 13.4. The van der Waals surface area contributed by atoms with E-state index in [9.17, 15) is 4.39 Å². The Labute approximate surface area is 112 Å². The predicted molar refractivity (Wildman–Crippen MR) is 71.4 cm³/mol. The van der Waals surface area contributed by atoms with Gasteiger partial charge in [-0.2, -0.15) is 5.26 Å². The van der Waals surface area contributed by atoms with E-state index in [1.165, 1.54) is 23.3 Å². The third-order valence-electron chi connectivity index (χ3n) is 2.75. The van der Waals surface area contributed by atoms with Crippen molar-refractivity contribution in [2.24, 2.45) is 0 Å². The molecule has 96 valence electrons. The summed E-state index contributed by atoms with van der Waals surface area (Å²) in [4.78, 5) is 0. The Bertz CT molecular complexity index is 623. The molecule has 2 rings (SSSR count). The Balaban J connectivity index is 2.10. The zero-order valence-electron chi connectivity index (χ0n) is 10.9. The van der Waals surface area contributed by atoms with Crippen LogP contribution in [0.4, 0.5) is 4.39 Å². The van der Waals surface area contributed by atoms with Gasteiger partial charge in [-0.15, -0.1) is 0 Å². The van der Waals surface area contributed by atoms with Crippen molar-refractivity contribution < 1.29 is 9.13 Å². The van der Waals surface area contributed by atoms with Crippen molar-refractivity contribution in [3.05, 3.63) is 64.5 Å². The zero-order valence-corrected chi connectivity index (χ0v) is 10.9. The van der Waals surface area contributed by atoms with Gasteiger partial charge in [0.1, 0.15) is 24.2 Å². The molecule has 0 amide bonds. The lowest BCUT2D eigenvalue weighted by Crippen LogP contribution is -1.97. The maximum Gasteiger partial charge on any atom is 0.144 e. The highest BCUT2D eigenvalue weighted by atomic mass is 19.1. The van der Waals surface area contributed by atoms with Crippen LogP contribution in [-0.2, 0) is 6.61 Å². The lowest BCUT2D eigenvalue weighted by Gasteiger charge is -2.08. The second-order valence-electron chi connectivity index (χ2n) is 4.54. The second kappa shape index (κ2) is 5.53. The molecule has 2 nitrogen and oxygen atoms in total. The van der Waals surface area contributed by atoms with E-state index in [4.69, 9.17) is 10.00 Å². The molecular formula is C16H14FNO. The van der Waals surface area contributed by atoms with E-state index in [2.05, 4.69) is 6.07 Å². The van der Waals surface area contributed by atoms with Crippen molar-refractivity contribution >= 4 is 0 Å². The highest BCUT2D eigenvalue weighted by molar-refractivity contribution is 5.36. The summed E-state index contributed by atoms with van der Waals surface area (Å²) in [5.41, 5.74) is 3.41. The smallest absolute Gasteiger partial charge is 0.144 e. The summed E-state index contributed by atoms with van der Waals surface area (Å²) in [6, 6.07) is 12.2. The van der Waals surface area contributed by atoms with Gasteiger partial charge in [0.2, 0.25) is 0 Å². The summed E-state index contributed by atoms with van der Waals surface area (Å²) in [5, 5.41) is 8.65. The van der Waals surface area contributed by atoms with Crippen molar-refractivity contribution in [2.75, 3.05) is 0 Å². The van der Waals surface area contributed by atoms with Gasteiger partial charge < -0.3 is 4.74 Å². The first-order valence-electron chi connectivity index (χ1n) is 5.98. The lowest BCUT2D eigenvalue weighted by molar-refractivity contribution is 0.304. The van der Waals surface area contributed by atoms with Crippen LogP contribution >= 0.6 is 0 Å². The maximum atomic E-state index is 13.4. The Morgan fingerprint density at radius 3 is 2.37 bits per heavy atom. The van der Waals surface area contributed by atoms with E-state index in [1.807, 2.05) is 26.0 Å². The summed E-state index contributed by atoms with van der Waals surface area (Å²) in [5.74, 6) is -0.129. The third kappa shape index (κ3) is 3.32. The van der Waals surface area contributed by atoms with Crippen molar-refractivity contribution in [1.29, 1.82) is 5.26 Å². The van der Waals surface area contributed by atoms with E-state index in [0.717, 1.165) is 5.56 Å². The minimum atomic E-state index is -0.555. The van der Waals surface area contributed by atoms with Gasteiger partial charge in [0.15, 0.2) is 0 Å². The number of nitriles is 1. The molecule has 0 unspecified atom stereocenters. The standard InChI is InChI=1S/C16H14FNO/c1-11-5-12(2)7-13(6-11)10-19-15-4-3-14(9-18)16(17)8-15/h3-8H,10H2,1-2H3. The van der Waals surface area contributed by atoms with Crippen LogP contribution in [0.15, 0.2) is 36.4 Å². The average molecular weight is 255 g/mol. The van der Waals surface area contributed by atoms with Crippen molar-refractivity contribution in [3.8, 4) is 11.8 Å². The average Bonchev–Trinajstić information content (AvgIpc) is 2.35. The first kappa shape index (κ1) is 13.1. The molecule has 2 aromatic carbocycles. The van der Waals surface area contributed by atoms with Crippen LogP contribution in [0.5, 0.6) is 5.75 Å². The molecule has 0 spiro atoms. The first-order chi connectivity index (χ1) is 9.08.